The molecule has 0 spiro atoms. The summed E-state index contributed by atoms with van der Waals surface area (Å²) < 4.78 is 60.3. The maximum absolute atomic E-state index is 11.3. The predicted octanol–water partition coefficient (Wildman–Crippen LogP) is -7.83. The largest absolute Gasteiger partial charge is 0.506 e. The van der Waals surface area contributed by atoms with E-state index in [4.69, 9.17) is 63.2 Å². The lowest BCUT2D eigenvalue weighted by Gasteiger charge is -2.47. The number of fused-ring (bicyclic) bond motifs is 4. The van der Waals surface area contributed by atoms with Crippen molar-refractivity contribution in [3.63, 3.8) is 0 Å². The van der Waals surface area contributed by atoms with Crippen LogP contribution in [0.15, 0.2) is 44.8 Å². The second kappa shape index (κ2) is 30.9. The van der Waals surface area contributed by atoms with Crippen molar-refractivity contribution in [3.05, 3.63) is 55.4 Å². The normalized spacial score (nSPS) is 44.9. The Morgan fingerprint density at radius 1 is 0.333 bits per heavy atom. The minimum absolute atomic E-state index is 0.581. The lowest BCUT2D eigenvalue weighted by Crippen LogP contribution is -2.65. The van der Waals surface area contributed by atoms with Crippen molar-refractivity contribution >= 4 is 0 Å². The summed E-state index contributed by atoms with van der Waals surface area (Å²) in [4.78, 5) is 5.09. The molecule has 39 heteroatoms. The Morgan fingerprint density at radius 2 is 0.617 bits per heavy atom. The fraction of sp³-hybridized carbons (Fsp3) is 0.857. The van der Waals surface area contributed by atoms with Crippen molar-refractivity contribution in [1.82, 2.24) is 0 Å². The summed E-state index contributed by atoms with van der Waals surface area (Å²) in [6.07, 6.45) is -59.6. The van der Waals surface area contributed by atoms with E-state index in [1.807, 2.05) is 0 Å². The number of nitrogens with zero attached hydrogens (tertiary/aromatic N) is 6. The summed E-state index contributed by atoms with van der Waals surface area (Å²) >= 11 is 0. The fourth-order valence-corrected chi connectivity index (χ4v) is 8.87. The molecule has 26 unspecified atom stereocenters. The number of ether oxygens (including phenoxy) is 11. The maximum atomic E-state index is 11.3. The smallest absolute Gasteiger partial charge is 0.218 e. The van der Waals surface area contributed by atoms with Gasteiger partial charge in [-0.25, -0.2) is 0 Å². The van der Waals surface area contributed by atoms with Crippen LogP contribution >= 0.6 is 0 Å². The van der Waals surface area contributed by atoms with E-state index in [1.165, 1.54) is 0 Å². The molecule has 8 bridgehead atoms. The third kappa shape index (κ3) is 15.9. The van der Waals surface area contributed by atoms with Crippen molar-refractivity contribution in [2.45, 2.75) is 179 Å². The molecular weight excluding hydrogens is 1120 g/mol. The van der Waals surface area contributed by atoms with Crippen molar-refractivity contribution in [2.75, 3.05) is 46.1 Å². The molecule has 81 heavy (non-hydrogen) atoms. The van der Waals surface area contributed by atoms with E-state index in [2.05, 4.69) is 20.1 Å². The molecule has 39 nitrogen and oxygen atoms in total. The highest BCUT2D eigenvalue weighted by Crippen LogP contribution is 2.35. The Balaban J connectivity index is 1.56. The molecular formula is C42H68N6O33. The van der Waals surface area contributed by atoms with Gasteiger partial charge in [0, 0.05) is 42.4 Å². The average Bonchev–Trinajstić information content (AvgIpc) is 3.57. The second-order valence-corrected chi connectivity index (χ2v) is 18.5. The Labute approximate surface area is 455 Å². The molecule has 0 saturated carbocycles. The minimum atomic E-state index is -2.78. The first-order chi connectivity index (χ1) is 38.4. The van der Waals surface area contributed by atoms with Crippen molar-refractivity contribution in [3.8, 4) is 0 Å². The quantitative estimate of drug-likeness (QED) is 0.0490. The van der Waals surface area contributed by atoms with E-state index in [9.17, 15) is 112 Å². The SMILES string of the molecule is [N-]=[N+]=NCCC1OC2OC(CO)C(OC3OC(CO)C(OC(O)/C(O)=C(\O)C(CCO)OC4OC(CN=[N+]=[N-])C(OC(O)/C(O)=C(/O)C(CCO)OC5OC(CO)C(OC(O)C(O)=C1O)C(O)C5O)C(O)C4O)C(O)C3O)C(O)C2O. The topological polar surface area (TPSA) is 644 Å². The first-order valence-electron chi connectivity index (χ1n) is 24.6. The van der Waals surface area contributed by atoms with Gasteiger partial charge in [0.05, 0.1) is 32.5 Å². The van der Waals surface area contributed by atoms with Crippen LogP contribution in [-0.2, 0) is 52.1 Å². The van der Waals surface area contributed by atoms with Gasteiger partial charge in [-0.15, -0.1) is 0 Å². The zero-order valence-electron chi connectivity index (χ0n) is 42.1. The number of rotatable bonds is 12. The van der Waals surface area contributed by atoms with E-state index in [1.54, 1.807) is 0 Å². The van der Waals surface area contributed by atoms with Crippen LogP contribution < -0.4 is 0 Å². The third-order valence-corrected chi connectivity index (χ3v) is 13.2. The number of aliphatic hydroxyl groups is 22. The molecule has 0 aliphatic carbocycles. The number of azide groups is 2. The zero-order valence-corrected chi connectivity index (χ0v) is 42.1. The number of hydrogen-bond acceptors (Lipinski definition) is 35. The standard InChI is InChI=1S/C42H68N6O33/c43-47-45-4-1-11-18(54)25(61)37(69)79-33-15(8-51)75-41(29(65)22(33)58)73-13(3-6-50)20(56)26(62)36(68)78-32-14(7-46-48-44)74-39(28(64)21(32)57)72-12(2-5-49)19(55)27(63)38(70)80-34-16(9-52)77-42(31(67)23(34)59)81-35-17(10-53)76-40(71-11)30(66)24(35)60/h11-17,21-24,28-42,49-70H,1-10H2/b25-18?,26-20-,27-19+. The summed E-state index contributed by atoms with van der Waals surface area (Å²) in [5.41, 5.74) is 18.0. The Bertz CT molecular complexity index is 2190. The summed E-state index contributed by atoms with van der Waals surface area (Å²) in [5.74, 6) is -8.91. The van der Waals surface area contributed by atoms with E-state index in [0.717, 1.165) is 0 Å². The molecule has 9 rings (SSSR count). The lowest BCUT2D eigenvalue weighted by molar-refractivity contribution is -0.368. The van der Waals surface area contributed by atoms with Crippen LogP contribution in [0.25, 0.3) is 20.9 Å². The van der Waals surface area contributed by atoms with Crippen LogP contribution in [0.5, 0.6) is 0 Å². The summed E-state index contributed by atoms with van der Waals surface area (Å²) in [6, 6.07) is 0. The van der Waals surface area contributed by atoms with E-state index in [0.29, 0.717) is 0 Å². The van der Waals surface area contributed by atoms with Gasteiger partial charge in [0.15, 0.2) is 59.7 Å². The minimum Gasteiger partial charge on any atom is -0.506 e. The zero-order chi connectivity index (χ0) is 60.2. The van der Waals surface area contributed by atoms with Gasteiger partial charge in [0.2, 0.25) is 18.9 Å². The summed E-state index contributed by atoms with van der Waals surface area (Å²) in [5, 5.41) is 246. The molecule has 26 atom stereocenters. The van der Waals surface area contributed by atoms with Gasteiger partial charge in [-0.3, -0.25) is 0 Å². The van der Waals surface area contributed by atoms with Crippen molar-refractivity contribution in [2.24, 2.45) is 10.2 Å². The van der Waals surface area contributed by atoms with Gasteiger partial charge in [-0.2, -0.15) is 0 Å². The van der Waals surface area contributed by atoms with Gasteiger partial charge >= 0.3 is 0 Å². The highest BCUT2D eigenvalue weighted by molar-refractivity contribution is 5.11. The molecule has 9 heterocycles. The molecule has 0 aromatic carbocycles. The van der Waals surface area contributed by atoms with Gasteiger partial charge in [0.1, 0.15) is 110 Å². The number of hydrogen-bond donors (Lipinski definition) is 22. The van der Waals surface area contributed by atoms with Crippen LogP contribution in [0.4, 0.5) is 0 Å². The molecule has 0 radical (unpaired) electrons. The molecule has 0 aromatic rings. The molecule has 9 aliphatic rings. The molecule has 22 N–H and O–H groups in total. The lowest BCUT2D eigenvalue weighted by atomic mass is 9.96. The highest BCUT2D eigenvalue weighted by atomic mass is 16.8. The monoisotopic (exact) mass is 1180 g/mol. The molecule has 4 fully saturated rings. The van der Waals surface area contributed by atoms with Gasteiger partial charge < -0.3 is 164 Å². The molecule has 0 aromatic heterocycles. The van der Waals surface area contributed by atoms with Crippen molar-refractivity contribution in [1.29, 1.82) is 0 Å². The number of aliphatic hydroxyl groups excluding tert-OH is 22. The fourth-order valence-electron chi connectivity index (χ4n) is 8.87. The second-order valence-electron chi connectivity index (χ2n) is 18.5. The van der Waals surface area contributed by atoms with Crippen LogP contribution in [0.2, 0.25) is 0 Å². The van der Waals surface area contributed by atoms with Gasteiger partial charge in [0.25, 0.3) is 0 Å². The molecule has 0 amide bonds. The van der Waals surface area contributed by atoms with E-state index < -0.39 is 260 Å². The van der Waals surface area contributed by atoms with Crippen molar-refractivity contribution < 1.29 is 164 Å². The Kier molecular flexibility index (Phi) is 25.7. The van der Waals surface area contributed by atoms with Crippen LogP contribution in [-0.4, -0.2) is 318 Å². The van der Waals surface area contributed by atoms with Crippen LogP contribution in [0, 0.1) is 0 Å². The Morgan fingerprint density at radius 3 is 0.926 bits per heavy atom. The maximum Gasteiger partial charge on any atom is 0.218 e. The van der Waals surface area contributed by atoms with E-state index in [-0.39, 0.29) is 0 Å². The van der Waals surface area contributed by atoms with Crippen LogP contribution in [0.1, 0.15) is 19.3 Å². The molecule has 9 aliphatic heterocycles. The van der Waals surface area contributed by atoms with Crippen LogP contribution in [0.3, 0.4) is 0 Å². The van der Waals surface area contributed by atoms with Gasteiger partial charge in [-0.1, -0.05) is 10.2 Å². The summed E-state index contributed by atoms with van der Waals surface area (Å²) in [6.45, 7) is -6.72. The third-order valence-electron chi connectivity index (χ3n) is 13.2. The first kappa shape index (κ1) is 67.4. The van der Waals surface area contributed by atoms with E-state index >= 15 is 0 Å². The average molecular weight is 1190 g/mol. The Hall–Kier alpha value is -4.44. The molecule has 464 valence electrons. The predicted molar refractivity (Wildman–Crippen MR) is 249 cm³/mol. The van der Waals surface area contributed by atoms with Gasteiger partial charge in [-0.05, 0) is 17.5 Å². The summed E-state index contributed by atoms with van der Waals surface area (Å²) in [7, 11) is 0. The molecule has 4 saturated heterocycles. The first-order valence-corrected chi connectivity index (χ1v) is 24.6. The highest BCUT2D eigenvalue weighted by Gasteiger charge is 2.54.